The molecule has 0 N–H and O–H groups in total. The average Bonchev–Trinajstić information content (AvgIpc) is 3.26. The molecule has 0 spiro atoms. The number of pyridine rings is 1. The van der Waals surface area contributed by atoms with Crippen molar-refractivity contribution >= 4 is 23.4 Å². The van der Waals surface area contributed by atoms with Gasteiger partial charge in [-0.15, -0.1) is 0 Å². The van der Waals surface area contributed by atoms with Crippen molar-refractivity contribution in [2.45, 2.75) is 12.5 Å². The summed E-state index contributed by atoms with van der Waals surface area (Å²) in [5, 5.41) is 0. The number of piperazine rings is 1. The lowest BCUT2D eigenvalue weighted by Crippen LogP contribution is -2.48. The average molecular weight is 400 g/mol. The van der Waals surface area contributed by atoms with Gasteiger partial charge in [-0.05, 0) is 30.4 Å². The Hall–Kier alpha value is -2.41. The monoisotopic (exact) mass is 399 g/mol. The molecule has 2 aliphatic rings. The Kier molecular flexibility index (Phi) is 5.90. The highest BCUT2D eigenvalue weighted by atomic mass is 32.2. The van der Waals surface area contributed by atoms with E-state index in [1.807, 2.05) is 34.9 Å². The predicted molar refractivity (Wildman–Crippen MR) is 112 cm³/mol. The molecule has 3 heterocycles. The van der Waals surface area contributed by atoms with Crippen molar-refractivity contribution in [3.63, 3.8) is 0 Å². The van der Waals surface area contributed by atoms with Gasteiger partial charge in [0.1, 0.15) is 11.9 Å². The molecule has 2 fully saturated rings. The molecule has 2 aliphatic heterocycles. The highest BCUT2D eigenvalue weighted by molar-refractivity contribution is 7.99. The summed E-state index contributed by atoms with van der Waals surface area (Å²) < 4.78 is 11.2. The number of amides is 1. The minimum Gasteiger partial charge on any atom is -0.497 e. The summed E-state index contributed by atoms with van der Waals surface area (Å²) in [4.78, 5) is 21.4. The summed E-state index contributed by atoms with van der Waals surface area (Å²) in [6.45, 7) is 2.97. The Morgan fingerprint density at radius 1 is 1.18 bits per heavy atom. The second-order valence-electron chi connectivity index (χ2n) is 6.97. The third-order valence-corrected chi connectivity index (χ3v) is 6.27. The maximum absolute atomic E-state index is 12.9. The maximum atomic E-state index is 12.9. The van der Waals surface area contributed by atoms with Crippen molar-refractivity contribution in [1.82, 2.24) is 9.88 Å². The Morgan fingerprint density at radius 3 is 2.79 bits per heavy atom. The number of hydrogen-bond donors (Lipinski definition) is 0. The van der Waals surface area contributed by atoms with E-state index in [0.29, 0.717) is 24.5 Å². The van der Waals surface area contributed by atoms with Gasteiger partial charge in [0.25, 0.3) is 5.91 Å². The number of benzene rings is 1. The Bertz CT molecular complexity index is 818. The largest absolute Gasteiger partial charge is 0.497 e. The second kappa shape index (κ2) is 8.73. The van der Waals surface area contributed by atoms with Crippen molar-refractivity contribution in [1.29, 1.82) is 0 Å². The number of carbonyl (C=O) groups is 1. The van der Waals surface area contributed by atoms with Crippen LogP contribution in [0.3, 0.4) is 0 Å². The van der Waals surface area contributed by atoms with E-state index in [4.69, 9.17) is 9.47 Å². The molecular weight excluding hydrogens is 374 g/mol. The number of hydrogen-bond acceptors (Lipinski definition) is 6. The molecule has 1 atom stereocenters. The van der Waals surface area contributed by atoms with Crippen molar-refractivity contribution in [2.24, 2.45) is 0 Å². The highest BCUT2D eigenvalue weighted by Gasteiger charge is 2.24. The van der Waals surface area contributed by atoms with Crippen LogP contribution in [0.15, 0.2) is 42.6 Å². The van der Waals surface area contributed by atoms with Crippen molar-refractivity contribution in [3.8, 4) is 11.6 Å². The number of aromatic nitrogens is 1. The van der Waals surface area contributed by atoms with Crippen LogP contribution < -0.4 is 14.4 Å². The lowest BCUT2D eigenvalue weighted by Gasteiger charge is -2.36. The molecule has 1 aromatic carbocycles. The zero-order chi connectivity index (χ0) is 19.3. The molecule has 2 aromatic rings. The third kappa shape index (κ3) is 4.35. The van der Waals surface area contributed by atoms with Gasteiger partial charge < -0.3 is 19.3 Å². The van der Waals surface area contributed by atoms with Crippen molar-refractivity contribution in [3.05, 3.63) is 48.2 Å². The molecule has 148 valence electrons. The van der Waals surface area contributed by atoms with Gasteiger partial charge in [-0.2, -0.15) is 11.8 Å². The van der Waals surface area contributed by atoms with Crippen LogP contribution in [0.25, 0.3) is 0 Å². The van der Waals surface area contributed by atoms with E-state index in [1.165, 1.54) is 0 Å². The summed E-state index contributed by atoms with van der Waals surface area (Å²) in [5.41, 5.74) is 1.77. The fourth-order valence-corrected chi connectivity index (χ4v) is 4.63. The first-order valence-electron chi connectivity index (χ1n) is 9.61. The summed E-state index contributed by atoms with van der Waals surface area (Å²) in [7, 11) is 1.67. The smallest absolute Gasteiger partial charge is 0.254 e. The number of ether oxygens (including phenoxy) is 2. The zero-order valence-corrected chi connectivity index (χ0v) is 16.9. The number of nitrogens with zero attached hydrogens (tertiary/aromatic N) is 3. The molecule has 0 saturated carbocycles. The molecule has 4 rings (SSSR count). The SMILES string of the molecule is COc1cccc(N2CCN(C(=O)c3ccnc(OC4CCSC4)c3)CC2)c1. The van der Waals surface area contributed by atoms with Gasteiger partial charge in [-0.25, -0.2) is 4.98 Å². The van der Waals surface area contributed by atoms with Gasteiger partial charge >= 0.3 is 0 Å². The Balaban J connectivity index is 1.37. The highest BCUT2D eigenvalue weighted by Crippen LogP contribution is 2.24. The quantitative estimate of drug-likeness (QED) is 0.771. The maximum Gasteiger partial charge on any atom is 0.254 e. The Morgan fingerprint density at radius 2 is 2.04 bits per heavy atom. The summed E-state index contributed by atoms with van der Waals surface area (Å²) in [6.07, 6.45) is 2.91. The summed E-state index contributed by atoms with van der Waals surface area (Å²) >= 11 is 1.89. The van der Waals surface area contributed by atoms with Crippen LogP contribution in [0.1, 0.15) is 16.8 Å². The number of thioether (sulfide) groups is 1. The number of carbonyl (C=O) groups excluding carboxylic acids is 1. The van der Waals surface area contributed by atoms with Gasteiger partial charge in [0, 0.05) is 61.5 Å². The fraction of sp³-hybridized carbons (Fsp3) is 0.429. The van der Waals surface area contributed by atoms with Crippen LogP contribution >= 0.6 is 11.8 Å². The molecule has 2 saturated heterocycles. The van der Waals surface area contributed by atoms with Gasteiger partial charge in [-0.1, -0.05) is 6.07 Å². The van der Waals surface area contributed by atoms with Crippen LogP contribution in [-0.4, -0.2) is 66.7 Å². The van der Waals surface area contributed by atoms with Crippen molar-refractivity contribution < 1.29 is 14.3 Å². The normalized spacial score (nSPS) is 19.5. The lowest BCUT2D eigenvalue weighted by molar-refractivity contribution is 0.0745. The number of methoxy groups -OCH3 is 1. The van der Waals surface area contributed by atoms with Gasteiger partial charge in [0.2, 0.25) is 5.88 Å². The van der Waals surface area contributed by atoms with E-state index >= 15 is 0 Å². The molecular formula is C21H25N3O3S. The third-order valence-electron chi connectivity index (χ3n) is 5.14. The van der Waals surface area contributed by atoms with Crippen LogP contribution in [0.5, 0.6) is 11.6 Å². The van der Waals surface area contributed by atoms with Crippen LogP contribution in [0.4, 0.5) is 5.69 Å². The van der Waals surface area contributed by atoms with Gasteiger partial charge in [-0.3, -0.25) is 4.79 Å². The minimum absolute atomic E-state index is 0.0401. The first kappa shape index (κ1) is 18.9. The molecule has 0 bridgehead atoms. The summed E-state index contributed by atoms with van der Waals surface area (Å²) in [5.74, 6) is 3.56. The van der Waals surface area contributed by atoms with E-state index in [9.17, 15) is 4.79 Å². The molecule has 28 heavy (non-hydrogen) atoms. The number of rotatable bonds is 5. The van der Waals surface area contributed by atoms with Crippen LogP contribution in [0, 0.1) is 0 Å². The molecule has 6 nitrogen and oxygen atoms in total. The molecule has 7 heteroatoms. The summed E-state index contributed by atoms with van der Waals surface area (Å²) in [6, 6.07) is 11.6. The van der Waals surface area contributed by atoms with E-state index in [0.717, 1.165) is 42.5 Å². The fourth-order valence-electron chi connectivity index (χ4n) is 3.54. The van der Waals surface area contributed by atoms with E-state index < -0.39 is 0 Å². The van der Waals surface area contributed by atoms with Crippen molar-refractivity contribution in [2.75, 3.05) is 49.7 Å². The number of anilines is 1. The first-order valence-corrected chi connectivity index (χ1v) is 10.8. The molecule has 1 unspecified atom stereocenters. The predicted octanol–water partition coefficient (Wildman–Crippen LogP) is 2.94. The molecule has 0 radical (unpaired) electrons. The molecule has 0 aliphatic carbocycles. The van der Waals surface area contributed by atoms with E-state index in [-0.39, 0.29) is 12.0 Å². The van der Waals surface area contributed by atoms with Gasteiger partial charge in [0.15, 0.2) is 0 Å². The standard InChI is InChI=1S/C21H25N3O3S/c1-26-18-4-2-3-17(14-18)23-8-10-24(11-9-23)21(25)16-5-7-22-20(13-16)27-19-6-12-28-15-19/h2-5,7,13-14,19H,6,8-12,15H2,1H3. The second-order valence-corrected chi connectivity index (χ2v) is 8.12. The van der Waals surface area contributed by atoms with E-state index in [2.05, 4.69) is 16.0 Å². The van der Waals surface area contributed by atoms with Crippen LogP contribution in [-0.2, 0) is 0 Å². The minimum atomic E-state index is 0.0401. The van der Waals surface area contributed by atoms with Crippen LogP contribution in [0.2, 0.25) is 0 Å². The molecule has 1 aromatic heterocycles. The topological polar surface area (TPSA) is 54.9 Å². The van der Waals surface area contributed by atoms with E-state index in [1.54, 1.807) is 25.4 Å². The Labute approximate surface area is 169 Å². The first-order chi connectivity index (χ1) is 13.7. The lowest BCUT2D eigenvalue weighted by atomic mass is 10.2. The molecule has 1 amide bonds. The zero-order valence-electron chi connectivity index (χ0n) is 16.0. The van der Waals surface area contributed by atoms with Gasteiger partial charge in [0.05, 0.1) is 7.11 Å².